The van der Waals surface area contributed by atoms with Crippen molar-refractivity contribution in [1.82, 2.24) is 20.4 Å². The molecule has 0 saturated carbocycles. The minimum atomic E-state index is -0.147. The van der Waals surface area contributed by atoms with Crippen molar-refractivity contribution < 1.29 is 9.59 Å². The molecule has 1 saturated heterocycles. The smallest absolute Gasteiger partial charge is 0.243 e. The number of nitrogens with zero attached hydrogens (tertiary/aromatic N) is 2. The van der Waals surface area contributed by atoms with Gasteiger partial charge < -0.3 is 4.98 Å². The first-order valence-electron chi connectivity index (χ1n) is 6.77. The van der Waals surface area contributed by atoms with Gasteiger partial charge in [0.05, 0.1) is 11.0 Å². The summed E-state index contributed by atoms with van der Waals surface area (Å²) in [6, 6.07) is 7.81. The number of amides is 2. The van der Waals surface area contributed by atoms with Crippen molar-refractivity contribution in [3.63, 3.8) is 0 Å². The SMILES string of the molecule is O=C1CCCC(=O)N1NCCc1nc2ccccc2[nH]1. The number of imidazole rings is 1. The second kappa shape index (κ2) is 5.42. The van der Waals surface area contributed by atoms with E-state index in [1.807, 2.05) is 24.3 Å². The van der Waals surface area contributed by atoms with Crippen LogP contribution in [0.1, 0.15) is 25.1 Å². The number of H-pyrrole nitrogens is 1. The first-order chi connectivity index (χ1) is 9.74. The lowest BCUT2D eigenvalue weighted by Gasteiger charge is -2.24. The van der Waals surface area contributed by atoms with E-state index in [2.05, 4.69) is 15.4 Å². The number of hydrogen-bond acceptors (Lipinski definition) is 4. The number of nitrogens with one attached hydrogen (secondary N) is 2. The van der Waals surface area contributed by atoms with Gasteiger partial charge in [0.15, 0.2) is 0 Å². The molecular weight excluding hydrogens is 256 g/mol. The molecule has 1 aromatic heterocycles. The van der Waals surface area contributed by atoms with E-state index >= 15 is 0 Å². The van der Waals surface area contributed by atoms with Crippen molar-refractivity contribution in [3.05, 3.63) is 30.1 Å². The van der Waals surface area contributed by atoms with Crippen LogP contribution in [0.2, 0.25) is 0 Å². The zero-order chi connectivity index (χ0) is 13.9. The summed E-state index contributed by atoms with van der Waals surface area (Å²) in [6.07, 6.45) is 2.15. The van der Waals surface area contributed by atoms with Gasteiger partial charge in [-0.05, 0) is 18.6 Å². The maximum atomic E-state index is 11.6. The highest BCUT2D eigenvalue weighted by Gasteiger charge is 2.25. The summed E-state index contributed by atoms with van der Waals surface area (Å²) in [5.74, 6) is 0.548. The van der Waals surface area contributed by atoms with Gasteiger partial charge in [0.25, 0.3) is 0 Å². The second-order valence-corrected chi connectivity index (χ2v) is 4.84. The Bertz CT molecular complexity index is 600. The monoisotopic (exact) mass is 272 g/mol. The van der Waals surface area contributed by atoms with Crippen LogP contribution in [0.15, 0.2) is 24.3 Å². The van der Waals surface area contributed by atoms with Gasteiger partial charge in [-0.1, -0.05) is 12.1 Å². The van der Waals surface area contributed by atoms with E-state index in [1.165, 1.54) is 0 Å². The molecule has 0 atom stereocenters. The van der Waals surface area contributed by atoms with Crippen molar-refractivity contribution >= 4 is 22.8 Å². The molecule has 2 amide bonds. The molecular formula is C14H16N4O2. The zero-order valence-corrected chi connectivity index (χ0v) is 11.1. The van der Waals surface area contributed by atoms with E-state index in [0.29, 0.717) is 32.2 Å². The molecule has 2 aromatic rings. The Kier molecular flexibility index (Phi) is 3.47. The van der Waals surface area contributed by atoms with Gasteiger partial charge in [-0.15, -0.1) is 0 Å². The molecule has 1 aromatic carbocycles. The van der Waals surface area contributed by atoms with E-state index < -0.39 is 0 Å². The molecule has 20 heavy (non-hydrogen) atoms. The number of benzene rings is 1. The van der Waals surface area contributed by atoms with Crippen molar-refractivity contribution in [2.45, 2.75) is 25.7 Å². The van der Waals surface area contributed by atoms with Crippen molar-refractivity contribution in [3.8, 4) is 0 Å². The van der Waals surface area contributed by atoms with Crippen LogP contribution in [0.25, 0.3) is 11.0 Å². The van der Waals surface area contributed by atoms with Gasteiger partial charge in [-0.25, -0.2) is 15.4 Å². The van der Waals surface area contributed by atoms with Gasteiger partial charge in [0.1, 0.15) is 5.82 Å². The van der Waals surface area contributed by atoms with Crippen LogP contribution in [0, 0.1) is 0 Å². The molecule has 0 unspecified atom stereocenters. The molecule has 0 bridgehead atoms. The molecule has 2 N–H and O–H groups in total. The third kappa shape index (κ3) is 2.55. The summed E-state index contributed by atoms with van der Waals surface area (Å²) in [4.78, 5) is 30.9. The van der Waals surface area contributed by atoms with Gasteiger partial charge >= 0.3 is 0 Å². The Hall–Kier alpha value is -2.21. The van der Waals surface area contributed by atoms with E-state index in [1.54, 1.807) is 0 Å². The number of imide groups is 1. The number of fused-ring (bicyclic) bond motifs is 1. The average molecular weight is 272 g/mol. The number of carbonyl (C=O) groups excluding carboxylic acids is 2. The third-order valence-electron chi connectivity index (χ3n) is 3.35. The van der Waals surface area contributed by atoms with Gasteiger partial charge in [-0.2, -0.15) is 0 Å². The van der Waals surface area contributed by atoms with Crippen LogP contribution in [0.5, 0.6) is 0 Å². The van der Waals surface area contributed by atoms with Crippen LogP contribution in [-0.4, -0.2) is 33.3 Å². The summed E-state index contributed by atoms with van der Waals surface area (Å²) in [7, 11) is 0. The zero-order valence-electron chi connectivity index (χ0n) is 11.1. The van der Waals surface area contributed by atoms with E-state index in [-0.39, 0.29) is 11.8 Å². The molecule has 0 aliphatic carbocycles. The highest BCUT2D eigenvalue weighted by Crippen LogP contribution is 2.11. The fourth-order valence-electron chi connectivity index (χ4n) is 2.34. The summed E-state index contributed by atoms with van der Waals surface area (Å²) in [6.45, 7) is 0.497. The maximum absolute atomic E-state index is 11.6. The Morgan fingerprint density at radius 2 is 1.95 bits per heavy atom. The molecule has 1 aliphatic heterocycles. The van der Waals surface area contributed by atoms with Crippen LogP contribution in [0.4, 0.5) is 0 Å². The first kappa shape index (κ1) is 12.8. The normalized spacial score (nSPS) is 16.1. The molecule has 1 aliphatic rings. The van der Waals surface area contributed by atoms with Crippen LogP contribution >= 0.6 is 0 Å². The summed E-state index contributed by atoms with van der Waals surface area (Å²) < 4.78 is 0. The van der Waals surface area contributed by atoms with Gasteiger partial charge in [0, 0.05) is 25.8 Å². The number of rotatable bonds is 4. The van der Waals surface area contributed by atoms with E-state index in [9.17, 15) is 9.59 Å². The quantitative estimate of drug-likeness (QED) is 0.818. The molecule has 0 radical (unpaired) electrons. The van der Waals surface area contributed by atoms with Crippen LogP contribution < -0.4 is 5.43 Å². The van der Waals surface area contributed by atoms with Crippen molar-refractivity contribution in [2.75, 3.05) is 6.54 Å². The topological polar surface area (TPSA) is 78.1 Å². The van der Waals surface area contributed by atoms with Crippen LogP contribution in [-0.2, 0) is 16.0 Å². The molecule has 104 valence electrons. The molecule has 0 spiro atoms. The fraction of sp³-hybridized carbons (Fsp3) is 0.357. The van der Waals surface area contributed by atoms with E-state index in [4.69, 9.17) is 0 Å². The lowest BCUT2D eigenvalue weighted by Crippen LogP contribution is -2.49. The van der Waals surface area contributed by atoms with Gasteiger partial charge in [-0.3, -0.25) is 9.59 Å². The Morgan fingerprint density at radius 3 is 2.70 bits per heavy atom. The molecule has 6 heteroatoms. The molecule has 6 nitrogen and oxygen atoms in total. The lowest BCUT2D eigenvalue weighted by molar-refractivity contribution is -0.151. The summed E-state index contributed by atoms with van der Waals surface area (Å²) in [5.41, 5.74) is 4.81. The standard InChI is InChI=1S/C14H16N4O2/c19-13-6-3-7-14(20)18(13)15-9-8-12-16-10-4-1-2-5-11(10)17-12/h1-2,4-5,15H,3,6-9H2,(H,16,17). The number of hydrogen-bond donors (Lipinski definition) is 2. The number of para-hydroxylation sites is 2. The summed E-state index contributed by atoms with van der Waals surface area (Å²) >= 11 is 0. The van der Waals surface area contributed by atoms with Gasteiger partial charge in [0.2, 0.25) is 11.8 Å². The minimum absolute atomic E-state index is 0.147. The first-order valence-corrected chi connectivity index (χ1v) is 6.77. The number of aromatic nitrogens is 2. The minimum Gasteiger partial charge on any atom is -0.342 e. The largest absolute Gasteiger partial charge is 0.342 e. The average Bonchev–Trinajstić information content (AvgIpc) is 2.84. The number of piperidine rings is 1. The highest BCUT2D eigenvalue weighted by atomic mass is 16.2. The summed E-state index contributed by atoms with van der Waals surface area (Å²) in [5, 5.41) is 1.14. The van der Waals surface area contributed by atoms with Crippen LogP contribution in [0.3, 0.4) is 0 Å². The fourth-order valence-corrected chi connectivity index (χ4v) is 2.34. The second-order valence-electron chi connectivity index (χ2n) is 4.84. The predicted octanol–water partition coefficient (Wildman–Crippen LogP) is 1.15. The number of hydrazine groups is 1. The van der Waals surface area contributed by atoms with Crippen molar-refractivity contribution in [2.24, 2.45) is 0 Å². The Labute approximate surface area is 116 Å². The number of aromatic amines is 1. The molecule has 2 heterocycles. The Balaban J connectivity index is 1.59. The molecule has 1 fully saturated rings. The van der Waals surface area contributed by atoms with E-state index in [0.717, 1.165) is 21.9 Å². The Morgan fingerprint density at radius 1 is 1.20 bits per heavy atom. The maximum Gasteiger partial charge on any atom is 0.243 e. The third-order valence-corrected chi connectivity index (χ3v) is 3.35. The molecule has 3 rings (SSSR count). The predicted molar refractivity (Wildman–Crippen MR) is 73.5 cm³/mol. The lowest BCUT2D eigenvalue weighted by atomic mass is 10.1. The number of carbonyl (C=O) groups is 2. The van der Waals surface area contributed by atoms with Crippen molar-refractivity contribution in [1.29, 1.82) is 0 Å². The highest BCUT2D eigenvalue weighted by molar-refractivity contribution is 5.96.